The lowest BCUT2D eigenvalue weighted by Gasteiger charge is -2.36. The molecule has 1 heterocycles. The molecule has 1 aromatic heterocycles. The van der Waals surface area contributed by atoms with Crippen molar-refractivity contribution in [2.75, 3.05) is 20.8 Å². The lowest BCUT2D eigenvalue weighted by molar-refractivity contribution is -0.128. The summed E-state index contributed by atoms with van der Waals surface area (Å²) in [5.41, 5.74) is 2.85. The number of carbonyl (C=O) groups is 2. The molecule has 8 heteroatoms. The zero-order chi connectivity index (χ0) is 26.7. The van der Waals surface area contributed by atoms with Crippen LogP contribution >= 0.6 is 0 Å². The first-order valence-electron chi connectivity index (χ1n) is 12.1. The molecule has 0 spiro atoms. The summed E-state index contributed by atoms with van der Waals surface area (Å²) in [7, 11) is 2.86. The molecule has 2 N–H and O–H groups in total. The summed E-state index contributed by atoms with van der Waals surface area (Å²) in [4.78, 5) is 26.1. The average molecular weight is 507 g/mol. The van der Waals surface area contributed by atoms with E-state index in [0.29, 0.717) is 23.4 Å². The molecule has 2 aromatic rings. The summed E-state index contributed by atoms with van der Waals surface area (Å²) in [5, 5.41) is 6.32. The molecule has 7 nitrogen and oxygen atoms in total. The lowest BCUT2D eigenvalue weighted by Crippen LogP contribution is -2.58. The normalized spacial score (nSPS) is 18.6. The van der Waals surface area contributed by atoms with E-state index in [9.17, 15) is 14.0 Å². The molecule has 37 heavy (non-hydrogen) atoms. The van der Waals surface area contributed by atoms with Crippen LogP contribution < -0.4 is 10.6 Å². The van der Waals surface area contributed by atoms with E-state index in [-0.39, 0.29) is 35.6 Å². The molecule has 1 aromatic carbocycles. The predicted octanol–water partition coefficient (Wildman–Crippen LogP) is 4.54. The highest BCUT2D eigenvalue weighted by Crippen LogP contribution is 2.48. The molecule has 194 valence electrons. The van der Waals surface area contributed by atoms with E-state index in [2.05, 4.69) is 10.6 Å². The van der Waals surface area contributed by atoms with Crippen molar-refractivity contribution in [3.05, 3.63) is 100 Å². The van der Waals surface area contributed by atoms with Crippen LogP contribution in [0.1, 0.15) is 43.6 Å². The number of carbonyl (C=O) groups excluding carboxylic acids is 2. The van der Waals surface area contributed by atoms with Gasteiger partial charge in [-0.1, -0.05) is 18.6 Å². The predicted molar refractivity (Wildman–Crippen MR) is 138 cm³/mol. The van der Waals surface area contributed by atoms with Gasteiger partial charge in [0.05, 0.1) is 27.0 Å². The molecular formula is C29H31FN2O5. The van der Waals surface area contributed by atoms with Crippen molar-refractivity contribution in [1.82, 2.24) is 10.6 Å². The third-order valence-electron chi connectivity index (χ3n) is 6.86. The average Bonchev–Trinajstić information content (AvgIpc) is 3.49. The van der Waals surface area contributed by atoms with Crippen LogP contribution in [0, 0.1) is 5.82 Å². The number of hydrogen-bond donors (Lipinski definition) is 2. The number of benzene rings is 1. The summed E-state index contributed by atoms with van der Waals surface area (Å²) >= 11 is 0. The first-order chi connectivity index (χ1) is 17.7. The van der Waals surface area contributed by atoms with Crippen LogP contribution in [0.4, 0.5) is 4.39 Å². The molecule has 2 aliphatic rings. The molecule has 0 bridgehead atoms. The van der Waals surface area contributed by atoms with Gasteiger partial charge in [-0.25, -0.2) is 4.39 Å². The second kappa shape index (κ2) is 10.6. The van der Waals surface area contributed by atoms with Gasteiger partial charge in [0.2, 0.25) is 5.91 Å². The van der Waals surface area contributed by atoms with Crippen LogP contribution in [0.2, 0.25) is 0 Å². The van der Waals surface area contributed by atoms with Gasteiger partial charge in [-0.15, -0.1) is 0 Å². The fourth-order valence-corrected chi connectivity index (χ4v) is 5.15. The van der Waals surface area contributed by atoms with Crippen LogP contribution in [0.15, 0.2) is 81.9 Å². The largest absolute Gasteiger partial charge is 0.492 e. The van der Waals surface area contributed by atoms with E-state index in [1.807, 2.05) is 26.8 Å². The number of nitrogens with one attached hydrogen (secondary N) is 2. The van der Waals surface area contributed by atoms with Gasteiger partial charge in [0.25, 0.3) is 5.78 Å². The Labute approximate surface area is 215 Å². The quantitative estimate of drug-likeness (QED) is 0.519. The Balaban J connectivity index is 1.81. The van der Waals surface area contributed by atoms with Crippen molar-refractivity contribution in [2.45, 2.75) is 38.8 Å². The molecule has 0 fully saturated rings. The van der Waals surface area contributed by atoms with Gasteiger partial charge in [0.15, 0.2) is 11.5 Å². The fraction of sp³-hybridized carbons (Fsp3) is 0.310. The third kappa shape index (κ3) is 4.89. The minimum Gasteiger partial charge on any atom is -0.492 e. The zero-order valence-electron chi connectivity index (χ0n) is 21.6. The van der Waals surface area contributed by atoms with E-state index < -0.39 is 11.5 Å². The number of Topliss-reactive ketones (excluding diaryl/α,β-unsaturated/α-hetero) is 1. The number of fused-ring (bicyclic) bond motifs is 1. The molecule has 0 aliphatic heterocycles. The maximum atomic E-state index is 14.5. The SMILES string of the molecule is CCNC(C)(C(=O)NCc1ccco1)C1C(C)=C(C=C2C=C(OC)C(=O)C(OC)=C2)c2ccc(F)cc21. The Morgan fingerprint density at radius 2 is 1.89 bits per heavy atom. The highest BCUT2D eigenvalue weighted by atomic mass is 19.1. The minimum atomic E-state index is -1.09. The van der Waals surface area contributed by atoms with E-state index in [1.54, 1.807) is 36.6 Å². The summed E-state index contributed by atoms with van der Waals surface area (Å²) in [6.07, 6.45) is 6.74. The number of ether oxygens (including phenoxy) is 2. The Kier molecular flexibility index (Phi) is 7.50. The highest BCUT2D eigenvalue weighted by Gasteiger charge is 2.46. The first kappa shape index (κ1) is 26.2. The number of amides is 1. The second-order valence-corrected chi connectivity index (χ2v) is 9.15. The Morgan fingerprint density at radius 1 is 1.19 bits per heavy atom. The lowest BCUT2D eigenvalue weighted by atomic mass is 9.77. The molecule has 2 unspecified atom stereocenters. The van der Waals surface area contributed by atoms with Gasteiger partial charge in [-0.2, -0.15) is 0 Å². The number of rotatable bonds is 9. The molecule has 0 saturated carbocycles. The van der Waals surface area contributed by atoms with E-state index >= 15 is 0 Å². The number of hydrogen-bond acceptors (Lipinski definition) is 6. The maximum absolute atomic E-state index is 14.5. The van der Waals surface area contributed by atoms with Crippen molar-refractivity contribution in [1.29, 1.82) is 0 Å². The van der Waals surface area contributed by atoms with Crippen molar-refractivity contribution in [2.24, 2.45) is 0 Å². The number of ketones is 1. The molecule has 0 saturated heterocycles. The number of halogens is 1. The summed E-state index contributed by atoms with van der Waals surface area (Å²) in [6, 6.07) is 8.18. The van der Waals surface area contributed by atoms with Crippen molar-refractivity contribution < 1.29 is 27.9 Å². The van der Waals surface area contributed by atoms with Gasteiger partial charge in [-0.3, -0.25) is 9.59 Å². The van der Waals surface area contributed by atoms with Crippen LogP contribution in [-0.2, 0) is 25.6 Å². The monoisotopic (exact) mass is 506 g/mol. The Morgan fingerprint density at radius 3 is 2.49 bits per heavy atom. The molecule has 0 radical (unpaired) electrons. The van der Waals surface area contributed by atoms with Crippen molar-refractivity contribution in [3.63, 3.8) is 0 Å². The number of likely N-dealkylation sites (N-methyl/N-ethyl adjacent to an activating group) is 1. The minimum absolute atomic E-state index is 0.160. The van der Waals surface area contributed by atoms with Crippen molar-refractivity contribution >= 4 is 17.3 Å². The first-order valence-corrected chi connectivity index (χ1v) is 12.1. The van der Waals surface area contributed by atoms with E-state index in [1.165, 1.54) is 26.4 Å². The van der Waals surface area contributed by atoms with E-state index in [4.69, 9.17) is 13.9 Å². The van der Waals surface area contributed by atoms with Gasteiger partial charge in [0.1, 0.15) is 17.1 Å². The number of methoxy groups -OCH3 is 2. The number of furan rings is 1. The fourth-order valence-electron chi connectivity index (χ4n) is 5.15. The van der Waals surface area contributed by atoms with Crippen LogP contribution in [0.3, 0.4) is 0 Å². The van der Waals surface area contributed by atoms with Gasteiger partial charge in [0, 0.05) is 5.92 Å². The van der Waals surface area contributed by atoms with Gasteiger partial charge in [-0.05, 0) is 85.2 Å². The molecule has 4 rings (SSSR count). The third-order valence-corrected chi connectivity index (χ3v) is 6.86. The smallest absolute Gasteiger partial charge is 0.261 e. The van der Waals surface area contributed by atoms with Gasteiger partial charge < -0.3 is 24.5 Å². The topological polar surface area (TPSA) is 89.8 Å². The molecule has 1 amide bonds. The molecular weight excluding hydrogens is 475 g/mol. The van der Waals surface area contributed by atoms with E-state index in [0.717, 1.165) is 16.7 Å². The summed E-state index contributed by atoms with van der Waals surface area (Å²) < 4.78 is 30.4. The number of allylic oxidation sites excluding steroid dienone is 5. The van der Waals surface area contributed by atoms with Crippen molar-refractivity contribution in [3.8, 4) is 0 Å². The van der Waals surface area contributed by atoms with Crippen LogP contribution in [0.25, 0.3) is 5.57 Å². The zero-order valence-corrected chi connectivity index (χ0v) is 21.6. The Bertz CT molecular complexity index is 1310. The maximum Gasteiger partial charge on any atom is 0.261 e. The highest BCUT2D eigenvalue weighted by molar-refractivity contribution is 6.07. The van der Waals surface area contributed by atoms with Gasteiger partial charge >= 0.3 is 0 Å². The molecule has 2 atom stereocenters. The van der Waals surface area contributed by atoms with Crippen LogP contribution in [0.5, 0.6) is 0 Å². The molecule has 2 aliphatic carbocycles. The van der Waals surface area contributed by atoms with Crippen LogP contribution in [-0.4, -0.2) is 38.0 Å². The second-order valence-electron chi connectivity index (χ2n) is 9.15. The summed E-state index contributed by atoms with van der Waals surface area (Å²) in [5.74, 6) is -0.454. The standard InChI is InChI=1S/C29H31FN2O5/c1-6-32-29(3,28(34)31-16-20-8-7-11-37-20)26-17(2)22(21-10-9-19(30)15-23(21)26)12-18-13-24(35-4)27(33)25(14-18)36-5/h7-15,26,32H,6,16H2,1-5H3,(H,31,34). The summed E-state index contributed by atoms with van der Waals surface area (Å²) in [6.45, 7) is 6.46. The Hall–Kier alpha value is -3.91.